The third kappa shape index (κ3) is 1.86. The van der Waals surface area contributed by atoms with Gasteiger partial charge in [0.15, 0.2) is 6.10 Å². The first-order valence-electron chi connectivity index (χ1n) is 3.47. The van der Waals surface area contributed by atoms with E-state index in [0.29, 0.717) is 0 Å². The van der Waals surface area contributed by atoms with Crippen molar-refractivity contribution in [2.75, 3.05) is 0 Å². The fraction of sp³-hybridized carbons (Fsp3) is 0.250. The molecule has 2 N–H and O–H groups in total. The molecule has 1 heterocycles. The highest BCUT2D eigenvalue weighted by Crippen LogP contribution is 2.26. The lowest BCUT2D eigenvalue weighted by Crippen LogP contribution is -2.10. The van der Waals surface area contributed by atoms with Crippen molar-refractivity contribution >= 4 is 17.3 Å². The Morgan fingerprint density at radius 3 is 2.85 bits per heavy atom. The number of hydrogen-bond acceptors (Lipinski definition) is 4. The number of carbonyl (C=O) groups is 1. The fourth-order valence-corrected chi connectivity index (χ4v) is 1.80. The molecule has 4 nitrogen and oxygen atoms in total. The number of carboxylic acids is 1. The highest BCUT2D eigenvalue weighted by molar-refractivity contribution is 7.12. The molecule has 1 aromatic rings. The maximum Gasteiger partial charge on any atom is 0.337 e. The van der Waals surface area contributed by atoms with Gasteiger partial charge < -0.3 is 10.2 Å². The molecule has 0 radical (unpaired) electrons. The standard InChI is InChI=1S/C8H7NO3S/c1-4-2-5(6(3-9)13-4)7(10)8(11)12/h2,7,10H,1H3,(H,11,12). The molecule has 13 heavy (non-hydrogen) atoms. The number of aliphatic hydroxyl groups excluding tert-OH is 1. The highest BCUT2D eigenvalue weighted by Gasteiger charge is 2.21. The van der Waals surface area contributed by atoms with Crippen LogP contribution >= 0.6 is 11.3 Å². The van der Waals surface area contributed by atoms with Gasteiger partial charge in [0.25, 0.3) is 0 Å². The molecule has 1 rings (SSSR count). The lowest BCUT2D eigenvalue weighted by Gasteiger charge is -2.01. The van der Waals surface area contributed by atoms with Crippen molar-refractivity contribution in [3.05, 3.63) is 21.4 Å². The van der Waals surface area contributed by atoms with E-state index in [1.165, 1.54) is 17.4 Å². The Balaban J connectivity index is 3.14. The minimum Gasteiger partial charge on any atom is -0.479 e. The molecule has 0 aliphatic rings. The quantitative estimate of drug-likeness (QED) is 0.742. The normalized spacial score (nSPS) is 12.1. The lowest BCUT2D eigenvalue weighted by atomic mass is 10.1. The van der Waals surface area contributed by atoms with Gasteiger partial charge in [-0.05, 0) is 13.0 Å². The molecule has 1 unspecified atom stereocenters. The average molecular weight is 197 g/mol. The van der Waals surface area contributed by atoms with Crippen LogP contribution in [0.3, 0.4) is 0 Å². The summed E-state index contributed by atoms with van der Waals surface area (Å²) in [6.07, 6.45) is -1.60. The summed E-state index contributed by atoms with van der Waals surface area (Å²) in [6, 6.07) is 3.36. The molecule has 1 aromatic heterocycles. The van der Waals surface area contributed by atoms with E-state index in [1.807, 2.05) is 6.07 Å². The Hall–Kier alpha value is -1.38. The van der Waals surface area contributed by atoms with Crippen LogP contribution < -0.4 is 0 Å². The monoisotopic (exact) mass is 197 g/mol. The molecule has 5 heteroatoms. The van der Waals surface area contributed by atoms with Crippen molar-refractivity contribution in [2.24, 2.45) is 0 Å². The van der Waals surface area contributed by atoms with Gasteiger partial charge >= 0.3 is 5.97 Å². The largest absolute Gasteiger partial charge is 0.479 e. The van der Waals surface area contributed by atoms with Crippen LogP contribution in [-0.2, 0) is 4.79 Å². The van der Waals surface area contributed by atoms with Gasteiger partial charge in [-0.3, -0.25) is 0 Å². The summed E-state index contributed by atoms with van der Waals surface area (Å²) < 4.78 is 0. The van der Waals surface area contributed by atoms with Crippen LogP contribution in [-0.4, -0.2) is 16.2 Å². The third-order valence-electron chi connectivity index (χ3n) is 1.51. The first-order chi connectivity index (χ1) is 6.06. The molecule has 1 atom stereocenters. The van der Waals surface area contributed by atoms with Crippen LogP contribution in [0.1, 0.15) is 21.4 Å². The van der Waals surface area contributed by atoms with E-state index in [-0.39, 0.29) is 10.4 Å². The second-order valence-electron chi connectivity index (χ2n) is 2.49. The van der Waals surface area contributed by atoms with Gasteiger partial charge in [-0.1, -0.05) is 0 Å². The Morgan fingerprint density at radius 2 is 2.38 bits per heavy atom. The smallest absolute Gasteiger partial charge is 0.337 e. The molecule has 0 saturated carbocycles. The minimum atomic E-state index is -1.60. The van der Waals surface area contributed by atoms with Crippen molar-refractivity contribution in [1.29, 1.82) is 5.26 Å². The van der Waals surface area contributed by atoms with Crippen LogP contribution in [0.15, 0.2) is 6.07 Å². The van der Waals surface area contributed by atoms with E-state index >= 15 is 0 Å². The van der Waals surface area contributed by atoms with E-state index in [1.54, 1.807) is 6.92 Å². The fourth-order valence-electron chi connectivity index (χ4n) is 0.957. The number of carboxylic acid groups (broad SMARTS) is 1. The maximum absolute atomic E-state index is 10.4. The molecule has 0 fully saturated rings. The van der Waals surface area contributed by atoms with Gasteiger partial charge in [0.2, 0.25) is 0 Å². The predicted molar refractivity (Wildman–Crippen MR) is 46.4 cm³/mol. The van der Waals surface area contributed by atoms with Gasteiger partial charge in [-0.25, -0.2) is 4.79 Å². The number of aryl methyl sites for hydroxylation is 1. The van der Waals surface area contributed by atoms with Gasteiger partial charge in [0.1, 0.15) is 10.9 Å². The van der Waals surface area contributed by atoms with E-state index in [2.05, 4.69) is 0 Å². The van der Waals surface area contributed by atoms with E-state index < -0.39 is 12.1 Å². The van der Waals surface area contributed by atoms with Gasteiger partial charge in [0.05, 0.1) is 0 Å². The van der Waals surface area contributed by atoms with Gasteiger partial charge in [-0.15, -0.1) is 11.3 Å². The van der Waals surface area contributed by atoms with E-state index in [4.69, 9.17) is 10.4 Å². The molecule has 0 aliphatic heterocycles. The number of aliphatic carboxylic acids is 1. The van der Waals surface area contributed by atoms with Crippen LogP contribution in [0.4, 0.5) is 0 Å². The van der Waals surface area contributed by atoms with Crippen LogP contribution in [0, 0.1) is 18.3 Å². The lowest BCUT2D eigenvalue weighted by molar-refractivity contribution is -0.146. The van der Waals surface area contributed by atoms with E-state index in [0.717, 1.165) is 4.88 Å². The third-order valence-corrected chi connectivity index (χ3v) is 2.48. The summed E-state index contributed by atoms with van der Waals surface area (Å²) in [6.45, 7) is 1.75. The molecule has 0 amide bonds. The molecular weight excluding hydrogens is 190 g/mol. The van der Waals surface area contributed by atoms with Crippen molar-refractivity contribution in [3.8, 4) is 6.07 Å². The molecular formula is C8H7NO3S. The average Bonchev–Trinajstić information content (AvgIpc) is 2.45. The number of hydrogen-bond donors (Lipinski definition) is 2. The Kier molecular flexibility index (Phi) is 2.66. The molecule has 68 valence electrons. The molecule has 0 saturated heterocycles. The minimum absolute atomic E-state index is 0.178. The highest BCUT2D eigenvalue weighted by atomic mass is 32.1. The van der Waals surface area contributed by atoms with Crippen molar-refractivity contribution in [1.82, 2.24) is 0 Å². The van der Waals surface area contributed by atoms with Gasteiger partial charge in [-0.2, -0.15) is 5.26 Å². The summed E-state index contributed by atoms with van der Waals surface area (Å²) in [5.41, 5.74) is 0.178. The second kappa shape index (κ2) is 3.56. The Bertz CT molecular complexity index is 377. The SMILES string of the molecule is Cc1cc(C(O)C(=O)O)c(C#N)s1. The second-order valence-corrected chi connectivity index (χ2v) is 3.75. The summed E-state index contributed by atoms with van der Waals surface area (Å²) in [5, 5.41) is 26.3. The number of nitriles is 1. The Morgan fingerprint density at radius 1 is 1.77 bits per heavy atom. The first-order valence-corrected chi connectivity index (χ1v) is 4.29. The van der Waals surface area contributed by atoms with Crippen molar-refractivity contribution in [2.45, 2.75) is 13.0 Å². The topological polar surface area (TPSA) is 81.3 Å². The van der Waals surface area contributed by atoms with Crippen molar-refractivity contribution in [3.63, 3.8) is 0 Å². The summed E-state index contributed by atoms with van der Waals surface area (Å²) >= 11 is 1.18. The van der Waals surface area contributed by atoms with Crippen LogP contribution in [0.2, 0.25) is 0 Å². The predicted octanol–water partition coefficient (Wildman–Crippen LogP) is 1.05. The number of thiophene rings is 1. The Labute approximate surface area is 78.7 Å². The molecule has 0 spiro atoms. The molecule has 0 aromatic carbocycles. The maximum atomic E-state index is 10.4. The zero-order valence-corrected chi connectivity index (χ0v) is 7.63. The van der Waals surface area contributed by atoms with Crippen LogP contribution in [0.5, 0.6) is 0 Å². The first kappa shape index (κ1) is 9.71. The number of aliphatic hydroxyl groups is 1. The molecule has 0 bridgehead atoms. The number of nitrogens with zero attached hydrogens (tertiary/aromatic N) is 1. The van der Waals surface area contributed by atoms with E-state index in [9.17, 15) is 9.90 Å². The zero-order valence-electron chi connectivity index (χ0n) is 6.81. The summed E-state index contributed by atoms with van der Waals surface area (Å²) in [7, 11) is 0. The summed E-state index contributed by atoms with van der Waals surface area (Å²) in [5.74, 6) is -1.34. The number of rotatable bonds is 2. The zero-order chi connectivity index (χ0) is 10.0. The van der Waals surface area contributed by atoms with Gasteiger partial charge in [0, 0.05) is 10.4 Å². The molecule has 0 aliphatic carbocycles. The van der Waals surface area contributed by atoms with Crippen LogP contribution in [0.25, 0.3) is 0 Å². The van der Waals surface area contributed by atoms with Crippen molar-refractivity contribution < 1.29 is 15.0 Å². The summed E-state index contributed by atoms with van der Waals surface area (Å²) in [4.78, 5) is 11.5.